The van der Waals surface area contributed by atoms with Crippen LogP contribution in [0.3, 0.4) is 0 Å². The molecule has 2 N–H and O–H groups in total. The highest BCUT2D eigenvalue weighted by Crippen LogP contribution is 2.68. The Morgan fingerprint density at radius 2 is 1.87 bits per heavy atom. The monoisotopic (exact) mass is 414 g/mol. The third kappa shape index (κ3) is 3.02. The number of aromatic nitrogens is 2. The fourth-order valence-electron chi connectivity index (χ4n) is 8.67. The Bertz CT molecular complexity index is 794. The van der Waals surface area contributed by atoms with Gasteiger partial charge in [0.15, 0.2) is 5.78 Å². The van der Waals surface area contributed by atoms with Crippen molar-refractivity contribution >= 4 is 5.78 Å². The summed E-state index contributed by atoms with van der Waals surface area (Å²) in [6.45, 7) is 5.25. The highest BCUT2D eigenvalue weighted by molar-refractivity contribution is 5.82. The number of nitrogens with zero attached hydrogens (tertiary/aromatic N) is 2. The lowest BCUT2D eigenvalue weighted by Gasteiger charge is -2.62. The number of carbonyl (C=O) groups is 1. The molecule has 5 heteroatoms. The molecule has 0 aromatic carbocycles. The molecular weight excluding hydrogens is 376 g/mol. The first-order valence-corrected chi connectivity index (χ1v) is 12.1. The van der Waals surface area contributed by atoms with Gasteiger partial charge in [-0.2, -0.15) is 0 Å². The quantitative estimate of drug-likeness (QED) is 0.785. The number of imidazole rings is 1. The molecule has 5 rings (SSSR count). The molecule has 0 aliphatic heterocycles. The number of carbonyl (C=O) groups excluding carboxylic acids is 1. The van der Waals surface area contributed by atoms with Gasteiger partial charge in [0, 0.05) is 18.3 Å². The van der Waals surface area contributed by atoms with Crippen LogP contribution in [0.5, 0.6) is 0 Å². The molecule has 8 atom stereocenters. The van der Waals surface area contributed by atoms with Gasteiger partial charge in [-0.05, 0) is 92.3 Å². The first kappa shape index (κ1) is 20.7. The average Bonchev–Trinajstić information content (AvgIpc) is 3.35. The van der Waals surface area contributed by atoms with Crippen molar-refractivity contribution in [3.05, 3.63) is 18.7 Å². The van der Waals surface area contributed by atoms with E-state index in [0.717, 1.165) is 38.0 Å². The summed E-state index contributed by atoms with van der Waals surface area (Å²) < 4.78 is 1.92. The number of fused-ring (bicyclic) bond motifs is 5. The fraction of sp³-hybridized carbons (Fsp3) is 0.840. The minimum absolute atomic E-state index is 0.102. The second-order valence-electron chi connectivity index (χ2n) is 11.6. The number of aliphatic hydroxyl groups excluding tert-OH is 1. The van der Waals surface area contributed by atoms with E-state index in [-0.39, 0.29) is 23.4 Å². The lowest BCUT2D eigenvalue weighted by molar-refractivity contribution is -0.161. The molecule has 4 aliphatic rings. The fourth-order valence-corrected chi connectivity index (χ4v) is 8.67. The van der Waals surface area contributed by atoms with E-state index >= 15 is 0 Å². The molecule has 166 valence electrons. The minimum atomic E-state index is -0.863. The number of aliphatic hydroxyl groups is 2. The van der Waals surface area contributed by atoms with Crippen LogP contribution < -0.4 is 0 Å². The van der Waals surface area contributed by atoms with Crippen molar-refractivity contribution in [2.45, 2.75) is 83.8 Å². The summed E-state index contributed by atoms with van der Waals surface area (Å²) in [7, 11) is 0. The van der Waals surface area contributed by atoms with E-state index in [1.54, 1.807) is 12.5 Å². The summed E-state index contributed by atoms with van der Waals surface area (Å²) in [4.78, 5) is 17.3. The molecule has 0 spiro atoms. The maximum absolute atomic E-state index is 13.2. The molecule has 5 nitrogen and oxygen atoms in total. The van der Waals surface area contributed by atoms with Crippen molar-refractivity contribution in [3.63, 3.8) is 0 Å². The van der Waals surface area contributed by atoms with E-state index in [4.69, 9.17) is 0 Å². The van der Waals surface area contributed by atoms with Crippen LogP contribution >= 0.6 is 0 Å². The summed E-state index contributed by atoms with van der Waals surface area (Å²) in [6.07, 6.45) is 14.9. The molecule has 0 saturated heterocycles. The van der Waals surface area contributed by atoms with E-state index in [1.807, 2.05) is 10.8 Å². The van der Waals surface area contributed by atoms with Crippen LogP contribution in [0.25, 0.3) is 0 Å². The maximum atomic E-state index is 13.2. The largest absolute Gasteiger partial charge is 0.393 e. The average molecular weight is 415 g/mol. The lowest BCUT2D eigenvalue weighted by Crippen LogP contribution is -2.56. The Morgan fingerprint density at radius 3 is 2.60 bits per heavy atom. The van der Waals surface area contributed by atoms with Crippen LogP contribution in [0, 0.1) is 40.4 Å². The Hall–Kier alpha value is -1.20. The van der Waals surface area contributed by atoms with Crippen LogP contribution in [0.1, 0.15) is 71.6 Å². The van der Waals surface area contributed by atoms with Gasteiger partial charge < -0.3 is 14.8 Å². The Labute approximate surface area is 180 Å². The minimum Gasteiger partial charge on any atom is -0.393 e. The van der Waals surface area contributed by atoms with Gasteiger partial charge in [0.05, 0.1) is 25.1 Å². The Balaban J connectivity index is 1.34. The van der Waals surface area contributed by atoms with Gasteiger partial charge in [0.25, 0.3) is 0 Å². The van der Waals surface area contributed by atoms with Crippen LogP contribution in [0.2, 0.25) is 0 Å². The third-order valence-electron chi connectivity index (χ3n) is 10.4. The van der Waals surface area contributed by atoms with E-state index < -0.39 is 5.60 Å². The van der Waals surface area contributed by atoms with Crippen molar-refractivity contribution in [2.75, 3.05) is 6.61 Å². The lowest BCUT2D eigenvalue weighted by atomic mass is 9.44. The molecule has 1 heterocycles. The van der Waals surface area contributed by atoms with Gasteiger partial charge in [-0.15, -0.1) is 0 Å². The summed E-state index contributed by atoms with van der Waals surface area (Å²) in [5, 5.41) is 20.4. The molecule has 1 aromatic heterocycles. The molecule has 30 heavy (non-hydrogen) atoms. The normalized spacial score (nSPS) is 47.9. The molecule has 1 aromatic rings. The van der Waals surface area contributed by atoms with Crippen LogP contribution in [0.15, 0.2) is 18.7 Å². The smallest absolute Gasteiger partial charge is 0.156 e. The number of rotatable bonds is 4. The van der Waals surface area contributed by atoms with Crippen molar-refractivity contribution in [1.82, 2.24) is 9.55 Å². The highest BCUT2D eigenvalue weighted by atomic mass is 16.3. The molecule has 4 saturated carbocycles. The van der Waals surface area contributed by atoms with E-state index in [1.165, 1.54) is 25.7 Å². The molecule has 0 radical (unpaired) electrons. The number of Topliss-reactive ketones (excluding diaryl/α,β-unsaturated/α-hetero) is 1. The van der Waals surface area contributed by atoms with Crippen LogP contribution in [-0.2, 0) is 11.3 Å². The van der Waals surface area contributed by atoms with Gasteiger partial charge in [0.2, 0.25) is 0 Å². The maximum Gasteiger partial charge on any atom is 0.156 e. The van der Waals surface area contributed by atoms with E-state index in [9.17, 15) is 15.0 Å². The van der Waals surface area contributed by atoms with Crippen molar-refractivity contribution in [3.8, 4) is 0 Å². The first-order valence-electron chi connectivity index (χ1n) is 12.1. The van der Waals surface area contributed by atoms with E-state index in [0.29, 0.717) is 30.1 Å². The van der Waals surface area contributed by atoms with Gasteiger partial charge in [-0.3, -0.25) is 4.79 Å². The summed E-state index contributed by atoms with van der Waals surface area (Å²) in [5.74, 6) is 3.18. The van der Waals surface area contributed by atoms with Crippen LogP contribution in [-0.4, -0.2) is 37.8 Å². The second-order valence-corrected chi connectivity index (χ2v) is 11.6. The van der Waals surface area contributed by atoms with Gasteiger partial charge in [-0.1, -0.05) is 13.8 Å². The number of ketones is 1. The second kappa shape index (κ2) is 7.16. The van der Waals surface area contributed by atoms with Gasteiger partial charge >= 0.3 is 0 Å². The third-order valence-corrected chi connectivity index (χ3v) is 10.4. The zero-order valence-electron chi connectivity index (χ0n) is 18.6. The summed E-state index contributed by atoms with van der Waals surface area (Å²) >= 11 is 0. The number of hydrogen-bond acceptors (Lipinski definition) is 4. The van der Waals surface area contributed by atoms with Gasteiger partial charge in [-0.25, -0.2) is 4.98 Å². The SMILES string of the molecule is C[C@]12CC[C@](O)(CO)CC1CCC1C2CC[C@@]2(C)C1CC[C@@H]2C(=O)Cn1ccnc1. The standard InChI is InChI=1S/C25H38N2O3/c1-23-9-10-25(30,15-28)13-17(23)3-4-18-19-5-6-21(24(19,2)8-7-20(18)23)22(29)14-27-12-11-26-16-27/h11-12,16-21,28,30H,3-10,13-15H2,1-2H3/t17?,18?,19?,20?,21-,23+,24+,25-/m1/s1. The van der Waals surface area contributed by atoms with E-state index in [2.05, 4.69) is 18.8 Å². The molecule has 4 fully saturated rings. The van der Waals surface area contributed by atoms with Crippen molar-refractivity contribution in [2.24, 2.45) is 40.4 Å². The number of hydrogen-bond donors (Lipinski definition) is 2. The molecule has 4 aliphatic carbocycles. The first-order chi connectivity index (χ1) is 14.3. The Kier molecular flexibility index (Phi) is 4.94. The zero-order valence-corrected chi connectivity index (χ0v) is 18.6. The predicted octanol–water partition coefficient (Wildman–Crippen LogP) is 3.83. The van der Waals surface area contributed by atoms with Crippen LogP contribution in [0.4, 0.5) is 0 Å². The molecular formula is C25H38N2O3. The summed E-state index contributed by atoms with van der Waals surface area (Å²) in [6, 6.07) is 0. The Morgan fingerprint density at radius 1 is 1.07 bits per heavy atom. The topological polar surface area (TPSA) is 75.3 Å². The zero-order chi connectivity index (χ0) is 21.1. The van der Waals surface area contributed by atoms with Gasteiger partial charge in [0.1, 0.15) is 0 Å². The predicted molar refractivity (Wildman–Crippen MR) is 114 cm³/mol. The molecule has 0 amide bonds. The molecule has 0 bridgehead atoms. The summed E-state index contributed by atoms with van der Waals surface area (Å²) in [5.41, 5.74) is -0.439. The van der Waals surface area contributed by atoms with Crippen molar-refractivity contribution in [1.29, 1.82) is 0 Å². The highest BCUT2D eigenvalue weighted by Gasteiger charge is 2.62. The van der Waals surface area contributed by atoms with Crippen molar-refractivity contribution < 1.29 is 15.0 Å². The molecule has 4 unspecified atom stereocenters.